The molecule has 1 saturated carbocycles. The van der Waals surface area contributed by atoms with Crippen molar-refractivity contribution >= 4 is 0 Å². The molecule has 0 bridgehead atoms. The summed E-state index contributed by atoms with van der Waals surface area (Å²) in [6.07, 6.45) is 3.85. The summed E-state index contributed by atoms with van der Waals surface area (Å²) in [4.78, 5) is 0. The van der Waals surface area contributed by atoms with Crippen LogP contribution in [0.15, 0.2) is 0 Å². The predicted molar refractivity (Wildman–Crippen MR) is 46.2 cm³/mol. The van der Waals surface area contributed by atoms with Crippen LogP contribution in [0.4, 0.5) is 0 Å². The summed E-state index contributed by atoms with van der Waals surface area (Å²) in [5.41, 5.74) is 6.02. The van der Waals surface area contributed by atoms with Crippen molar-refractivity contribution < 1.29 is 5.11 Å². The molecule has 11 heavy (non-hydrogen) atoms. The molecule has 0 aliphatic heterocycles. The molecular formula is C9H19NO. The molecular weight excluding hydrogens is 138 g/mol. The van der Waals surface area contributed by atoms with E-state index in [1.54, 1.807) is 0 Å². The molecule has 1 unspecified atom stereocenters. The van der Waals surface area contributed by atoms with E-state index in [2.05, 4.69) is 13.8 Å². The van der Waals surface area contributed by atoms with Gasteiger partial charge in [-0.3, -0.25) is 0 Å². The zero-order valence-electron chi connectivity index (χ0n) is 7.51. The molecule has 1 atom stereocenters. The van der Waals surface area contributed by atoms with Gasteiger partial charge in [0, 0.05) is 5.54 Å². The van der Waals surface area contributed by atoms with Crippen LogP contribution in [0.3, 0.4) is 0 Å². The van der Waals surface area contributed by atoms with Gasteiger partial charge in [-0.2, -0.15) is 0 Å². The van der Waals surface area contributed by atoms with E-state index in [9.17, 15) is 0 Å². The van der Waals surface area contributed by atoms with Gasteiger partial charge in [0.15, 0.2) is 0 Å². The number of nitrogens with two attached hydrogens (primary N) is 1. The minimum atomic E-state index is -0.126. The normalized spacial score (nSPS) is 39.8. The Morgan fingerprint density at radius 2 is 2.18 bits per heavy atom. The van der Waals surface area contributed by atoms with Crippen molar-refractivity contribution in [2.45, 2.75) is 51.2 Å². The lowest BCUT2D eigenvalue weighted by Gasteiger charge is -2.46. The van der Waals surface area contributed by atoms with Gasteiger partial charge in [0.05, 0.1) is 6.10 Å². The maximum Gasteiger partial charge on any atom is 0.0575 e. The van der Waals surface area contributed by atoms with E-state index in [1.165, 1.54) is 12.8 Å². The molecule has 1 rings (SSSR count). The minimum absolute atomic E-state index is 0.0462. The van der Waals surface area contributed by atoms with Gasteiger partial charge in [-0.15, -0.1) is 0 Å². The molecule has 0 heterocycles. The first-order valence-electron chi connectivity index (χ1n) is 4.55. The van der Waals surface area contributed by atoms with Crippen LogP contribution >= 0.6 is 0 Å². The summed E-state index contributed by atoms with van der Waals surface area (Å²) in [6, 6.07) is 0. The fraction of sp³-hybridized carbons (Fsp3) is 1.00. The van der Waals surface area contributed by atoms with E-state index in [4.69, 9.17) is 10.8 Å². The van der Waals surface area contributed by atoms with Crippen LogP contribution in [-0.2, 0) is 0 Å². The Hall–Kier alpha value is -0.0800. The monoisotopic (exact) mass is 157 g/mol. The van der Waals surface area contributed by atoms with Crippen LogP contribution in [-0.4, -0.2) is 16.7 Å². The van der Waals surface area contributed by atoms with Crippen LogP contribution in [0.2, 0.25) is 0 Å². The van der Waals surface area contributed by atoms with Gasteiger partial charge in [0.1, 0.15) is 0 Å². The summed E-state index contributed by atoms with van der Waals surface area (Å²) < 4.78 is 0. The Labute approximate surface area is 68.8 Å². The van der Waals surface area contributed by atoms with E-state index in [0.29, 0.717) is 5.92 Å². The SMILES string of the molecule is CCCC(C)C1(N)CC(O)C1. The standard InChI is InChI=1S/C9H19NO/c1-3-4-7(2)9(10)5-8(11)6-9/h7-8,11H,3-6,10H2,1-2H3. The van der Waals surface area contributed by atoms with Crippen LogP contribution in [0.25, 0.3) is 0 Å². The number of hydrogen-bond acceptors (Lipinski definition) is 2. The minimum Gasteiger partial charge on any atom is -0.393 e. The molecule has 0 radical (unpaired) electrons. The van der Waals surface area contributed by atoms with Crippen molar-refractivity contribution in [3.8, 4) is 0 Å². The van der Waals surface area contributed by atoms with Gasteiger partial charge >= 0.3 is 0 Å². The van der Waals surface area contributed by atoms with Crippen LogP contribution in [0.5, 0.6) is 0 Å². The molecule has 0 amide bonds. The summed E-state index contributed by atoms with van der Waals surface area (Å²) >= 11 is 0. The highest BCUT2D eigenvalue weighted by Gasteiger charge is 2.43. The Morgan fingerprint density at radius 1 is 1.64 bits per heavy atom. The van der Waals surface area contributed by atoms with Crippen molar-refractivity contribution in [3.05, 3.63) is 0 Å². The molecule has 0 aromatic rings. The molecule has 0 spiro atoms. The second-order valence-corrected chi connectivity index (χ2v) is 3.98. The summed E-state index contributed by atoms with van der Waals surface area (Å²) in [6.45, 7) is 4.37. The third-order valence-electron chi connectivity index (χ3n) is 2.93. The van der Waals surface area contributed by atoms with Gasteiger partial charge in [-0.1, -0.05) is 20.3 Å². The van der Waals surface area contributed by atoms with Crippen LogP contribution in [0.1, 0.15) is 39.5 Å². The molecule has 2 heteroatoms. The summed E-state index contributed by atoms with van der Waals surface area (Å²) in [5, 5.41) is 9.12. The van der Waals surface area contributed by atoms with Gasteiger partial charge < -0.3 is 10.8 Å². The number of aliphatic hydroxyl groups is 1. The highest BCUT2D eigenvalue weighted by Crippen LogP contribution is 2.37. The van der Waals surface area contributed by atoms with Crippen molar-refractivity contribution in [2.75, 3.05) is 0 Å². The van der Waals surface area contributed by atoms with Gasteiger partial charge in [0.25, 0.3) is 0 Å². The Kier molecular flexibility index (Phi) is 2.55. The first kappa shape index (κ1) is 9.01. The third kappa shape index (κ3) is 1.74. The maximum absolute atomic E-state index is 9.12. The highest BCUT2D eigenvalue weighted by atomic mass is 16.3. The van der Waals surface area contributed by atoms with Crippen LogP contribution < -0.4 is 5.73 Å². The second kappa shape index (κ2) is 3.11. The van der Waals surface area contributed by atoms with E-state index in [0.717, 1.165) is 12.8 Å². The molecule has 0 saturated heterocycles. The Balaban J connectivity index is 2.34. The fourth-order valence-corrected chi connectivity index (χ4v) is 1.94. The first-order chi connectivity index (χ1) is 5.08. The van der Waals surface area contributed by atoms with Crippen molar-refractivity contribution in [2.24, 2.45) is 11.7 Å². The van der Waals surface area contributed by atoms with E-state index in [-0.39, 0.29) is 11.6 Å². The first-order valence-corrected chi connectivity index (χ1v) is 4.55. The molecule has 1 aliphatic carbocycles. The molecule has 0 aromatic carbocycles. The maximum atomic E-state index is 9.12. The molecule has 1 aliphatic rings. The lowest BCUT2D eigenvalue weighted by Crippen LogP contribution is -2.58. The lowest BCUT2D eigenvalue weighted by atomic mass is 9.66. The lowest BCUT2D eigenvalue weighted by molar-refractivity contribution is -0.00641. The zero-order chi connectivity index (χ0) is 8.48. The van der Waals surface area contributed by atoms with E-state index >= 15 is 0 Å². The molecule has 66 valence electrons. The molecule has 0 aromatic heterocycles. The third-order valence-corrected chi connectivity index (χ3v) is 2.93. The summed E-state index contributed by atoms with van der Waals surface area (Å²) in [5.74, 6) is 0.566. The smallest absolute Gasteiger partial charge is 0.0575 e. The highest BCUT2D eigenvalue weighted by molar-refractivity contribution is 5.01. The Morgan fingerprint density at radius 3 is 2.55 bits per heavy atom. The van der Waals surface area contributed by atoms with Gasteiger partial charge in [0.2, 0.25) is 0 Å². The average Bonchev–Trinajstić information content (AvgIpc) is 1.85. The quantitative estimate of drug-likeness (QED) is 0.648. The van der Waals surface area contributed by atoms with Gasteiger partial charge in [-0.25, -0.2) is 0 Å². The van der Waals surface area contributed by atoms with E-state index in [1.807, 2.05) is 0 Å². The summed E-state index contributed by atoms with van der Waals surface area (Å²) in [7, 11) is 0. The number of aliphatic hydroxyl groups excluding tert-OH is 1. The van der Waals surface area contributed by atoms with Crippen molar-refractivity contribution in [1.29, 1.82) is 0 Å². The topological polar surface area (TPSA) is 46.2 Å². The van der Waals surface area contributed by atoms with Crippen molar-refractivity contribution in [3.63, 3.8) is 0 Å². The van der Waals surface area contributed by atoms with Crippen LogP contribution in [0, 0.1) is 5.92 Å². The number of rotatable bonds is 3. The molecule has 1 fully saturated rings. The predicted octanol–water partition coefficient (Wildman–Crippen LogP) is 1.27. The van der Waals surface area contributed by atoms with Gasteiger partial charge in [-0.05, 0) is 25.2 Å². The Bertz CT molecular complexity index is 130. The second-order valence-electron chi connectivity index (χ2n) is 3.98. The molecule has 3 N–H and O–H groups in total. The van der Waals surface area contributed by atoms with E-state index < -0.39 is 0 Å². The molecule has 2 nitrogen and oxygen atoms in total. The largest absolute Gasteiger partial charge is 0.393 e. The average molecular weight is 157 g/mol. The fourth-order valence-electron chi connectivity index (χ4n) is 1.94. The number of hydrogen-bond donors (Lipinski definition) is 2. The zero-order valence-corrected chi connectivity index (χ0v) is 7.51. The van der Waals surface area contributed by atoms with Crippen molar-refractivity contribution in [1.82, 2.24) is 0 Å².